The van der Waals surface area contributed by atoms with E-state index < -0.39 is 0 Å². The Labute approximate surface area is 157 Å². The number of H-pyrrole nitrogens is 1. The number of nitrogens with one attached hydrogen (secondary N) is 2. The molecule has 0 aliphatic carbocycles. The van der Waals surface area contributed by atoms with E-state index in [1.165, 1.54) is 11.8 Å². The molecule has 1 amide bonds. The predicted molar refractivity (Wildman–Crippen MR) is 105 cm³/mol. The molecule has 0 saturated carbocycles. The van der Waals surface area contributed by atoms with E-state index in [4.69, 9.17) is 4.74 Å². The van der Waals surface area contributed by atoms with E-state index in [0.29, 0.717) is 23.7 Å². The lowest BCUT2D eigenvalue weighted by Crippen LogP contribution is -2.18. The first-order valence-electron chi connectivity index (χ1n) is 9.04. The van der Waals surface area contributed by atoms with Crippen molar-refractivity contribution in [2.45, 2.75) is 44.9 Å². The van der Waals surface area contributed by atoms with Crippen LogP contribution in [-0.4, -0.2) is 28.0 Å². The molecule has 0 unspecified atom stereocenters. The fraction of sp³-hybridized carbons (Fsp3) is 0.474. The summed E-state index contributed by atoms with van der Waals surface area (Å²) >= 11 is 1.46. The summed E-state index contributed by atoms with van der Waals surface area (Å²) in [6.45, 7) is 6.74. The number of aromatic amines is 1. The van der Waals surface area contributed by atoms with E-state index in [1.54, 1.807) is 4.68 Å². The maximum absolute atomic E-state index is 12.8. The van der Waals surface area contributed by atoms with Gasteiger partial charge in [-0.05, 0) is 25.8 Å². The summed E-state index contributed by atoms with van der Waals surface area (Å²) in [5.74, 6) is 1.54. The number of rotatable bonds is 6. The van der Waals surface area contributed by atoms with Crippen LogP contribution in [0.1, 0.15) is 56.0 Å². The molecular formula is C19H25N3O3S. The second-order valence-electron chi connectivity index (χ2n) is 6.46. The van der Waals surface area contributed by atoms with Gasteiger partial charge in [0.15, 0.2) is 0 Å². The summed E-state index contributed by atoms with van der Waals surface area (Å²) < 4.78 is 7.68. The van der Waals surface area contributed by atoms with Gasteiger partial charge < -0.3 is 10.1 Å². The van der Waals surface area contributed by atoms with Crippen molar-refractivity contribution in [3.05, 3.63) is 45.7 Å². The third kappa shape index (κ3) is 3.53. The van der Waals surface area contributed by atoms with Crippen LogP contribution in [0.25, 0.3) is 0 Å². The van der Waals surface area contributed by atoms with Crippen LogP contribution in [0.2, 0.25) is 0 Å². The predicted octanol–water partition coefficient (Wildman–Crippen LogP) is 3.71. The number of fused-ring (bicyclic) bond motifs is 1. The van der Waals surface area contributed by atoms with E-state index in [0.717, 1.165) is 24.2 Å². The summed E-state index contributed by atoms with van der Waals surface area (Å²) in [7, 11) is 0. The number of para-hydroxylation sites is 1. The minimum Gasteiger partial charge on any atom is -0.493 e. The highest BCUT2D eigenvalue weighted by Crippen LogP contribution is 2.43. The Hall–Kier alpha value is -2.15. The molecule has 2 N–H and O–H groups in total. The molecule has 0 bridgehead atoms. The molecule has 1 aliphatic heterocycles. The number of hydrogen-bond acceptors (Lipinski definition) is 4. The summed E-state index contributed by atoms with van der Waals surface area (Å²) in [6.07, 6.45) is 1.75. The number of amides is 1. The number of thioether (sulfide) groups is 1. The average molecular weight is 375 g/mol. The topological polar surface area (TPSA) is 76.1 Å². The molecule has 0 spiro atoms. The van der Waals surface area contributed by atoms with Crippen molar-refractivity contribution in [3.63, 3.8) is 0 Å². The first-order valence-corrected chi connectivity index (χ1v) is 10.1. The van der Waals surface area contributed by atoms with E-state index in [9.17, 15) is 9.59 Å². The number of carbonyl (C=O) groups excluding carboxylic acids is 1. The Kier molecular flexibility index (Phi) is 5.76. The van der Waals surface area contributed by atoms with Gasteiger partial charge in [0.05, 0.1) is 23.2 Å². The zero-order valence-electron chi connectivity index (χ0n) is 15.4. The van der Waals surface area contributed by atoms with Gasteiger partial charge in [-0.3, -0.25) is 19.4 Å². The quantitative estimate of drug-likeness (QED) is 0.807. The molecular weight excluding hydrogens is 350 g/mol. The van der Waals surface area contributed by atoms with E-state index in [1.807, 2.05) is 38.1 Å². The van der Waals surface area contributed by atoms with Crippen molar-refractivity contribution in [1.29, 1.82) is 0 Å². The van der Waals surface area contributed by atoms with Gasteiger partial charge in [0, 0.05) is 11.6 Å². The zero-order valence-corrected chi connectivity index (χ0v) is 16.2. The third-order valence-electron chi connectivity index (χ3n) is 4.56. The average Bonchev–Trinajstić information content (AvgIpc) is 2.85. The molecule has 1 aliphatic rings. The van der Waals surface area contributed by atoms with Crippen LogP contribution in [0, 0.1) is 0 Å². The van der Waals surface area contributed by atoms with Crippen LogP contribution in [0.15, 0.2) is 29.1 Å². The van der Waals surface area contributed by atoms with Crippen molar-refractivity contribution < 1.29 is 9.53 Å². The van der Waals surface area contributed by atoms with Gasteiger partial charge in [0.25, 0.3) is 5.56 Å². The molecule has 7 heteroatoms. The van der Waals surface area contributed by atoms with Crippen molar-refractivity contribution in [2.75, 3.05) is 17.7 Å². The van der Waals surface area contributed by atoms with Gasteiger partial charge in [-0.15, -0.1) is 11.8 Å². The highest BCUT2D eigenvalue weighted by molar-refractivity contribution is 8.00. The van der Waals surface area contributed by atoms with E-state index >= 15 is 0 Å². The summed E-state index contributed by atoms with van der Waals surface area (Å²) in [4.78, 5) is 25.1. The van der Waals surface area contributed by atoms with Crippen molar-refractivity contribution in [2.24, 2.45) is 0 Å². The fourth-order valence-corrected chi connectivity index (χ4v) is 4.19. The van der Waals surface area contributed by atoms with Crippen LogP contribution in [0.4, 0.5) is 5.82 Å². The van der Waals surface area contributed by atoms with Crippen LogP contribution in [0.5, 0.6) is 5.75 Å². The Bertz CT molecular complexity index is 843. The minimum atomic E-state index is -0.258. The Balaban J connectivity index is 2.13. The van der Waals surface area contributed by atoms with E-state index in [-0.39, 0.29) is 22.8 Å². The normalized spacial score (nSPS) is 18.0. The second kappa shape index (κ2) is 8.03. The molecule has 140 valence electrons. The SMILES string of the molecule is CCCOc1ccccc1[C@H]1SCC(=O)Nc2c1c(=O)[nH]n2[C@@H](C)CC. The first-order chi connectivity index (χ1) is 12.6. The molecule has 2 atom stereocenters. The second-order valence-corrected chi connectivity index (χ2v) is 7.55. The lowest BCUT2D eigenvalue weighted by atomic mass is 10.0. The third-order valence-corrected chi connectivity index (χ3v) is 5.81. The van der Waals surface area contributed by atoms with Crippen LogP contribution < -0.4 is 15.6 Å². The number of nitrogens with zero attached hydrogens (tertiary/aromatic N) is 1. The summed E-state index contributed by atoms with van der Waals surface area (Å²) in [5.41, 5.74) is 1.36. The standard InChI is InChI=1S/C19H25N3O3S/c1-4-10-25-14-9-7-6-8-13(14)17-16-18(20-15(23)11-26-17)22(12(3)5-2)21-19(16)24/h6-9,12,17H,4-5,10-11H2,1-3H3,(H,20,23)(H,21,24)/t12-,17+/m0/s1. The van der Waals surface area contributed by atoms with Gasteiger partial charge in [-0.25, -0.2) is 0 Å². The number of carbonyl (C=O) groups is 1. The summed E-state index contributed by atoms with van der Waals surface area (Å²) in [5, 5.41) is 5.57. The minimum absolute atomic E-state index is 0.0853. The van der Waals surface area contributed by atoms with Crippen molar-refractivity contribution >= 4 is 23.5 Å². The maximum Gasteiger partial charge on any atom is 0.270 e. The molecule has 0 radical (unpaired) electrons. The van der Waals surface area contributed by atoms with Crippen LogP contribution >= 0.6 is 11.8 Å². The van der Waals surface area contributed by atoms with E-state index in [2.05, 4.69) is 17.3 Å². The zero-order chi connectivity index (χ0) is 18.7. The molecule has 2 aromatic rings. The first kappa shape index (κ1) is 18.6. The lowest BCUT2D eigenvalue weighted by molar-refractivity contribution is -0.113. The van der Waals surface area contributed by atoms with Gasteiger partial charge in [0.2, 0.25) is 5.91 Å². The Morgan fingerprint density at radius 2 is 2.08 bits per heavy atom. The maximum atomic E-state index is 12.8. The number of anilines is 1. The molecule has 0 fully saturated rings. The number of aromatic nitrogens is 2. The molecule has 26 heavy (non-hydrogen) atoms. The molecule has 6 nitrogen and oxygen atoms in total. The monoisotopic (exact) mass is 375 g/mol. The number of hydrogen-bond donors (Lipinski definition) is 2. The molecule has 1 aromatic heterocycles. The van der Waals surface area contributed by atoms with Crippen molar-refractivity contribution in [3.8, 4) is 5.75 Å². The molecule has 3 rings (SSSR count). The number of ether oxygens (including phenoxy) is 1. The van der Waals surface area contributed by atoms with Crippen LogP contribution in [0.3, 0.4) is 0 Å². The molecule has 2 heterocycles. The highest BCUT2D eigenvalue weighted by Gasteiger charge is 2.32. The lowest BCUT2D eigenvalue weighted by Gasteiger charge is -2.18. The smallest absolute Gasteiger partial charge is 0.270 e. The van der Waals surface area contributed by atoms with Gasteiger partial charge in [-0.2, -0.15) is 0 Å². The Morgan fingerprint density at radius 1 is 1.31 bits per heavy atom. The molecule has 1 aromatic carbocycles. The van der Waals surface area contributed by atoms with Gasteiger partial charge in [-0.1, -0.05) is 32.0 Å². The van der Waals surface area contributed by atoms with Crippen LogP contribution in [-0.2, 0) is 4.79 Å². The van der Waals surface area contributed by atoms with Crippen molar-refractivity contribution in [1.82, 2.24) is 9.78 Å². The number of benzene rings is 1. The summed E-state index contributed by atoms with van der Waals surface area (Å²) in [6, 6.07) is 7.85. The largest absolute Gasteiger partial charge is 0.493 e. The highest BCUT2D eigenvalue weighted by atomic mass is 32.2. The Morgan fingerprint density at radius 3 is 2.81 bits per heavy atom. The molecule has 0 saturated heterocycles. The van der Waals surface area contributed by atoms with Gasteiger partial charge >= 0.3 is 0 Å². The fourth-order valence-electron chi connectivity index (χ4n) is 3.04. The van der Waals surface area contributed by atoms with Gasteiger partial charge in [0.1, 0.15) is 11.6 Å².